The van der Waals surface area contributed by atoms with E-state index < -0.39 is 13.4 Å². The summed E-state index contributed by atoms with van der Waals surface area (Å²) in [5.41, 5.74) is 3.93. The lowest BCUT2D eigenvalue weighted by Crippen LogP contribution is -2.05. The highest BCUT2D eigenvalue weighted by atomic mass is 31.2. The zero-order valence-electron chi connectivity index (χ0n) is 14.2. The van der Waals surface area contributed by atoms with Crippen molar-refractivity contribution in [1.82, 2.24) is 0 Å². The van der Waals surface area contributed by atoms with E-state index in [0.717, 1.165) is 25.7 Å². The fourth-order valence-electron chi connectivity index (χ4n) is 1.99. The van der Waals surface area contributed by atoms with Gasteiger partial charge in [-0.3, -0.25) is 4.57 Å². The lowest BCUT2D eigenvalue weighted by molar-refractivity contribution is 0.195. The number of aliphatic hydroxyl groups excluding tert-OH is 1. The summed E-state index contributed by atoms with van der Waals surface area (Å²) in [6.07, 6.45) is 11.1. The normalized spacial score (nSPS) is 14.9. The summed E-state index contributed by atoms with van der Waals surface area (Å²) in [4.78, 5) is 17.6. The van der Waals surface area contributed by atoms with Gasteiger partial charge >= 0.3 is 7.60 Å². The molecule has 0 aliphatic carbocycles. The molecule has 4 nitrogen and oxygen atoms in total. The molecule has 0 saturated heterocycles. The summed E-state index contributed by atoms with van der Waals surface area (Å²) in [6.45, 7) is 8.37. The fraction of sp³-hybridized carbons (Fsp3) is 0.647. The van der Waals surface area contributed by atoms with E-state index in [-0.39, 0.29) is 6.42 Å². The van der Waals surface area contributed by atoms with Crippen molar-refractivity contribution in [2.75, 3.05) is 0 Å². The molecule has 0 aromatic heterocycles. The molecule has 1 atom stereocenters. The maximum Gasteiger partial charge on any atom is 0.353 e. The number of allylic oxidation sites excluding steroid dienone is 6. The maximum absolute atomic E-state index is 10.8. The first-order chi connectivity index (χ1) is 10.1. The smallest absolute Gasteiger partial charge is 0.353 e. The average molecular weight is 330 g/mol. The van der Waals surface area contributed by atoms with Crippen LogP contribution in [0.15, 0.2) is 34.9 Å². The minimum Gasteiger partial charge on any atom is -0.380 e. The van der Waals surface area contributed by atoms with E-state index in [1.165, 1.54) is 16.7 Å². The van der Waals surface area contributed by atoms with Crippen LogP contribution in [0.2, 0.25) is 0 Å². The van der Waals surface area contributed by atoms with Gasteiger partial charge in [0.15, 0.2) is 5.85 Å². The number of hydrogen-bond donors (Lipinski definition) is 3. The van der Waals surface area contributed by atoms with Gasteiger partial charge in [0.1, 0.15) is 0 Å². The largest absolute Gasteiger partial charge is 0.380 e. The first-order valence-corrected chi connectivity index (χ1v) is 9.49. The molecular formula is C17H31O4P. The van der Waals surface area contributed by atoms with Gasteiger partial charge in [0, 0.05) is 0 Å². The first kappa shape index (κ1) is 21.3. The summed E-state index contributed by atoms with van der Waals surface area (Å²) < 4.78 is 10.8. The second-order valence-corrected chi connectivity index (χ2v) is 7.88. The van der Waals surface area contributed by atoms with Gasteiger partial charge < -0.3 is 14.9 Å². The standard InChI is InChI=1S/C17H31O4P/c1-14(2)8-5-9-15(3)10-6-11-16(4)12-7-13-17(18)22(19,20)21/h8,10,12,17-18H,5-7,9,11,13H2,1-4H3,(H2,19,20,21)/b15-10+,16-12+. The molecule has 0 aliphatic rings. The van der Waals surface area contributed by atoms with E-state index in [9.17, 15) is 9.67 Å². The van der Waals surface area contributed by atoms with Crippen molar-refractivity contribution >= 4 is 7.60 Å². The van der Waals surface area contributed by atoms with Crippen LogP contribution in [0.4, 0.5) is 0 Å². The molecule has 0 aromatic rings. The Kier molecular flexibility index (Phi) is 10.6. The second kappa shape index (κ2) is 11.0. The highest BCUT2D eigenvalue weighted by Gasteiger charge is 2.24. The zero-order valence-corrected chi connectivity index (χ0v) is 15.1. The Morgan fingerprint density at radius 3 is 1.82 bits per heavy atom. The molecule has 0 rings (SSSR count). The van der Waals surface area contributed by atoms with Crippen molar-refractivity contribution < 1.29 is 19.5 Å². The van der Waals surface area contributed by atoms with Crippen LogP contribution >= 0.6 is 7.60 Å². The quantitative estimate of drug-likeness (QED) is 0.401. The van der Waals surface area contributed by atoms with Gasteiger partial charge in [-0.15, -0.1) is 0 Å². The molecule has 3 N–H and O–H groups in total. The Balaban J connectivity index is 4.02. The molecule has 0 radical (unpaired) electrons. The summed E-state index contributed by atoms with van der Waals surface area (Å²) in [6, 6.07) is 0. The Labute approximate surface area is 134 Å². The second-order valence-electron chi connectivity index (χ2n) is 6.11. The molecule has 0 aliphatic heterocycles. The maximum atomic E-state index is 10.8. The molecular weight excluding hydrogens is 299 g/mol. The first-order valence-electron chi connectivity index (χ1n) is 7.81. The molecule has 0 bridgehead atoms. The van der Waals surface area contributed by atoms with Crippen molar-refractivity contribution in [2.45, 2.75) is 72.1 Å². The molecule has 128 valence electrons. The molecule has 0 amide bonds. The van der Waals surface area contributed by atoms with Gasteiger partial charge in [0.05, 0.1) is 0 Å². The number of aliphatic hydroxyl groups is 1. The molecule has 0 heterocycles. The third-order valence-corrected chi connectivity index (χ3v) is 4.46. The average Bonchev–Trinajstić information content (AvgIpc) is 2.37. The fourth-order valence-corrected chi connectivity index (χ4v) is 2.47. The van der Waals surface area contributed by atoms with E-state index in [1.54, 1.807) is 0 Å². The van der Waals surface area contributed by atoms with Crippen LogP contribution in [0.5, 0.6) is 0 Å². The lowest BCUT2D eigenvalue weighted by Gasteiger charge is -2.10. The lowest BCUT2D eigenvalue weighted by atomic mass is 10.1. The van der Waals surface area contributed by atoms with Crippen molar-refractivity contribution in [3.63, 3.8) is 0 Å². The van der Waals surface area contributed by atoms with Crippen LogP contribution in [0.3, 0.4) is 0 Å². The molecule has 1 unspecified atom stereocenters. The van der Waals surface area contributed by atoms with E-state index in [0.29, 0.717) is 6.42 Å². The van der Waals surface area contributed by atoms with E-state index >= 15 is 0 Å². The Morgan fingerprint density at radius 1 is 0.909 bits per heavy atom. The van der Waals surface area contributed by atoms with E-state index in [4.69, 9.17) is 9.79 Å². The van der Waals surface area contributed by atoms with Crippen molar-refractivity contribution in [2.24, 2.45) is 0 Å². The van der Waals surface area contributed by atoms with Gasteiger partial charge in [-0.25, -0.2) is 0 Å². The predicted octanol–water partition coefficient (Wildman–Crippen LogP) is 4.68. The van der Waals surface area contributed by atoms with Gasteiger partial charge in [-0.1, -0.05) is 34.9 Å². The van der Waals surface area contributed by atoms with Crippen LogP contribution in [0.25, 0.3) is 0 Å². The Bertz CT molecular complexity index is 453. The summed E-state index contributed by atoms with van der Waals surface area (Å²) in [7, 11) is -4.36. The van der Waals surface area contributed by atoms with Crippen LogP contribution in [0, 0.1) is 0 Å². The molecule has 0 aromatic carbocycles. The third kappa shape index (κ3) is 11.9. The van der Waals surface area contributed by atoms with Gasteiger partial charge in [0.2, 0.25) is 0 Å². The third-order valence-electron chi connectivity index (χ3n) is 3.43. The molecule has 0 fully saturated rings. The van der Waals surface area contributed by atoms with Crippen LogP contribution in [0.1, 0.15) is 66.2 Å². The summed E-state index contributed by atoms with van der Waals surface area (Å²) in [5.74, 6) is -1.55. The molecule has 5 heteroatoms. The van der Waals surface area contributed by atoms with Crippen LogP contribution in [-0.2, 0) is 4.57 Å². The monoisotopic (exact) mass is 330 g/mol. The Hall–Kier alpha value is -0.670. The minimum atomic E-state index is -4.36. The summed E-state index contributed by atoms with van der Waals surface area (Å²) >= 11 is 0. The van der Waals surface area contributed by atoms with E-state index in [2.05, 4.69) is 32.9 Å². The van der Waals surface area contributed by atoms with Crippen molar-refractivity contribution in [1.29, 1.82) is 0 Å². The van der Waals surface area contributed by atoms with Gasteiger partial charge in [-0.05, 0) is 66.2 Å². The van der Waals surface area contributed by atoms with Crippen molar-refractivity contribution in [3.05, 3.63) is 34.9 Å². The highest BCUT2D eigenvalue weighted by Crippen LogP contribution is 2.41. The Morgan fingerprint density at radius 2 is 1.36 bits per heavy atom. The van der Waals surface area contributed by atoms with Gasteiger partial charge in [0.25, 0.3) is 0 Å². The molecule has 0 spiro atoms. The van der Waals surface area contributed by atoms with E-state index in [1.807, 2.05) is 13.0 Å². The zero-order chi connectivity index (χ0) is 17.2. The molecule has 0 saturated carbocycles. The molecule has 22 heavy (non-hydrogen) atoms. The number of rotatable bonds is 10. The van der Waals surface area contributed by atoms with Crippen molar-refractivity contribution in [3.8, 4) is 0 Å². The highest BCUT2D eigenvalue weighted by molar-refractivity contribution is 7.52. The summed E-state index contributed by atoms with van der Waals surface area (Å²) in [5, 5.41) is 9.26. The number of hydrogen-bond acceptors (Lipinski definition) is 2. The van der Waals surface area contributed by atoms with Gasteiger partial charge in [-0.2, -0.15) is 0 Å². The SMILES string of the molecule is CC(C)=CCC/C(C)=C/CC/C(C)=C/CCC(O)P(=O)(O)O. The van der Waals surface area contributed by atoms with Crippen LogP contribution in [-0.4, -0.2) is 20.7 Å². The predicted molar refractivity (Wildman–Crippen MR) is 92.7 cm³/mol. The van der Waals surface area contributed by atoms with Crippen LogP contribution < -0.4 is 0 Å². The minimum absolute atomic E-state index is 0.0964. The topological polar surface area (TPSA) is 77.8 Å².